The van der Waals surface area contributed by atoms with E-state index < -0.39 is 0 Å². The Morgan fingerprint density at radius 1 is 0.905 bits per heavy atom. The lowest BCUT2D eigenvalue weighted by atomic mass is 9.93. The third-order valence-corrected chi connectivity index (χ3v) is 4.11. The van der Waals surface area contributed by atoms with E-state index in [1.165, 1.54) is 29.2 Å². The molecule has 2 aromatic carbocycles. The Kier molecular flexibility index (Phi) is 4.05. The normalized spacial score (nSPS) is 13.6. The van der Waals surface area contributed by atoms with Gasteiger partial charge in [0.15, 0.2) is 0 Å². The maximum Gasteiger partial charge on any atom is 0.302 e. The maximum absolute atomic E-state index is 11.1. The van der Waals surface area contributed by atoms with Crippen LogP contribution in [0.2, 0.25) is 0 Å². The molecule has 4 aliphatic rings. The predicted octanol–water partition coefficient (Wildman–Crippen LogP) is 3.63. The van der Waals surface area contributed by atoms with Gasteiger partial charge in [-0.25, -0.2) is 0 Å². The van der Waals surface area contributed by atoms with E-state index in [9.17, 15) is 4.79 Å². The molecule has 0 atom stereocenters. The molecule has 2 heteroatoms. The van der Waals surface area contributed by atoms with Crippen LogP contribution in [-0.2, 0) is 41.8 Å². The molecule has 6 rings (SSSR count). The van der Waals surface area contributed by atoms with Crippen LogP contribution in [0.3, 0.4) is 0 Å². The minimum absolute atomic E-state index is 0.220. The standard InChI is InChI=1S/C19H20O2/c1-14(20)21-13-19-12-17-7-6-15-2-4-16(5-3-15)8-10-18(19)11-9-17/h2-5,9,11-12H,6-8,10,13H2,1H3. The molecule has 0 N–H and O–H groups in total. The Hall–Kier alpha value is -2.09. The van der Waals surface area contributed by atoms with Crippen molar-refractivity contribution in [3.63, 3.8) is 0 Å². The molecule has 0 saturated heterocycles. The minimum Gasteiger partial charge on any atom is -0.461 e. The van der Waals surface area contributed by atoms with Crippen LogP contribution in [0, 0.1) is 0 Å². The van der Waals surface area contributed by atoms with Gasteiger partial charge in [-0.2, -0.15) is 0 Å². The summed E-state index contributed by atoms with van der Waals surface area (Å²) in [6.07, 6.45) is 4.07. The van der Waals surface area contributed by atoms with Crippen molar-refractivity contribution < 1.29 is 9.53 Å². The van der Waals surface area contributed by atoms with E-state index in [4.69, 9.17) is 4.74 Å². The fraction of sp³-hybridized carbons (Fsp3) is 0.316. The number of carbonyl (C=O) groups excluding carboxylic acids is 1. The molecule has 2 aromatic rings. The van der Waals surface area contributed by atoms with Crippen LogP contribution in [0.5, 0.6) is 0 Å². The second-order valence-corrected chi connectivity index (χ2v) is 5.70. The molecule has 2 nitrogen and oxygen atoms in total. The van der Waals surface area contributed by atoms with Gasteiger partial charge in [0.05, 0.1) is 0 Å². The molecule has 0 unspecified atom stereocenters. The molecule has 21 heavy (non-hydrogen) atoms. The number of carbonyl (C=O) groups is 1. The molecule has 0 amide bonds. The van der Waals surface area contributed by atoms with Gasteiger partial charge in [-0.1, -0.05) is 42.5 Å². The summed E-state index contributed by atoms with van der Waals surface area (Å²) in [5.74, 6) is -0.220. The second-order valence-electron chi connectivity index (χ2n) is 5.70. The van der Waals surface area contributed by atoms with Gasteiger partial charge in [0, 0.05) is 6.92 Å². The molecule has 0 aromatic heterocycles. The topological polar surface area (TPSA) is 26.3 Å². The second kappa shape index (κ2) is 6.13. The zero-order chi connectivity index (χ0) is 14.7. The number of benzene rings is 2. The van der Waals surface area contributed by atoms with Crippen molar-refractivity contribution >= 4 is 5.97 Å². The van der Waals surface area contributed by atoms with Gasteiger partial charge in [-0.05, 0) is 53.5 Å². The summed E-state index contributed by atoms with van der Waals surface area (Å²) in [4.78, 5) is 11.1. The fourth-order valence-electron chi connectivity index (χ4n) is 2.83. The van der Waals surface area contributed by atoms with E-state index in [-0.39, 0.29) is 5.97 Å². The van der Waals surface area contributed by atoms with Gasteiger partial charge in [-0.15, -0.1) is 0 Å². The molecule has 0 saturated carbocycles. The number of rotatable bonds is 2. The zero-order valence-electron chi connectivity index (χ0n) is 12.4. The summed E-state index contributed by atoms with van der Waals surface area (Å²) in [6.45, 7) is 1.85. The quantitative estimate of drug-likeness (QED) is 0.785. The largest absolute Gasteiger partial charge is 0.461 e. The first kappa shape index (κ1) is 13.9. The molecule has 0 radical (unpaired) electrons. The highest BCUT2D eigenvalue weighted by Gasteiger charge is 2.09. The SMILES string of the molecule is CC(=O)OCc1cc2ccc1CCc1ccc(cc1)CC2. The molecule has 0 heterocycles. The van der Waals surface area contributed by atoms with Gasteiger partial charge in [0.2, 0.25) is 0 Å². The fourth-order valence-corrected chi connectivity index (χ4v) is 2.83. The van der Waals surface area contributed by atoms with Gasteiger partial charge in [0.1, 0.15) is 6.61 Å². The van der Waals surface area contributed by atoms with E-state index in [0.717, 1.165) is 31.2 Å². The first-order chi connectivity index (χ1) is 10.2. The summed E-state index contributed by atoms with van der Waals surface area (Å²) in [7, 11) is 0. The van der Waals surface area contributed by atoms with Crippen LogP contribution in [0.1, 0.15) is 34.7 Å². The third kappa shape index (κ3) is 3.52. The van der Waals surface area contributed by atoms with Gasteiger partial charge < -0.3 is 4.74 Å². The Balaban J connectivity index is 1.90. The molecule has 0 aliphatic heterocycles. The Labute approximate surface area is 125 Å². The minimum atomic E-state index is -0.220. The van der Waals surface area contributed by atoms with Crippen molar-refractivity contribution in [2.24, 2.45) is 0 Å². The molecule has 4 bridgehead atoms. The van der Waals surface area contributed by atoms with E-state index in [1.807, 2.05) is 0 Å². The highest BCUT2D eigenvalue weighted by molar-refractivity contribution is 5.66. The number of ether oxygens (including phenoxy) is 1. The predicted molar refractivity (Wildman–Crippen MR) is 83.2 cm³/mol. The monoisotopic (exact) mass is 280 g/mol. The van der Waals surface area contributed by atoms with Gasteiger partial charge in [0.25, 0.3) is 0 Å². The lowest BCUT2D eigenvalue weighted by Gasteiger charge is -2.14. The van der Waals surface area contributed by atoms with E-state index in [1.54, 1.807) is 0 Å². The smallest absolute Gasteiger partial charge is 0.302 e. The summed E-state index contributed by atoms with van der Waals surface area (Å²) < 4.78 is 5.21. The highest BCUT2D eigenvalue weighted by Crippen LogP contribution is 2.20. The Morgan fingerprint density at radius 3 is 2.14 bits per heavy atom. The number of aryl methyl sites for hydroxylation is 4. The van der Waals surface area contributed by atoms with Crippen LogP contribution in [0.4, 0.5) is 0 Å². The van der Waals surface area contributed by atoms with Crippen LogP contribution in [0.15, 0.2) is 42.5 Å². The average Bonchev–Trinajstić information content (AvgIpc) is 2.48. The first-order valence-corrected chi connectivity index (χ1v) is 7.52. The van der Waals surface area contributed by atoms with Crippen LogP contribution >= 0.6 is 0 Å². The van der Waals surface area contributed by atoms with E-state index in [0.29, 0.717) is 6.61 Å². The lowest BCUT2D eigenvalue weighted by molar-refractivity contribution is -0.142. The third-order valence-electron chi connectivity index (χ3n) is 4.11. The molecule has 4 aliphatic carbocycles. The molecule has 108 valence electrons. The summed E-state index contributed by atoms with van der Waals surface area (Å²) in [5, 5.41) is 0. The van der Waals surface area contributed by atoms with Crippen molar-refractivity contribution in [2.45, 2.75) is 39.2 Å². The Morgan fingerprint density at radius 2 is 1.48 bits per heavy atom. The lowest BCUT2D eigenvalue weighted by Crippen LogP contribution is -2.05. The molecule has 0 spiro atoms. The maximum atomic E-state index is 11.1. The summed E-state index contributed by atoms with van der Waals surface area (Å²) in [6, 6.07) is 15.5. The average molecular weight is 280 g/mol. The molecular formula is C19H20O2. The number of hydrogen-bond acceptors (Lipinski definition) is 2. The summed E-state index contributed by atoms with van der Waals surface area (Å²) in [5.41, 5.74) is 6.49. The van der Waals surface area contributed by atoms with Gasteiger partial charge >= 0.3 is 5.97 Å². The zero-order valence-corrected chi connectivity index (χ0v) is 12.4. The first-order valence-electron chi connectivity index (χ1n) is 7.52. The van der Waals surface area contributed by atoms with Crippen molar-refractivity contribution in [1.29, 1.82) is 0 Å². The van der Waals surface area contributed by atoms with Crippen molar-refractivity contribution in [3.8, 4) is 0 Å². The van der Waals surface area contributed by atoms with Crippen LogP contribution in [-0.4, -0.2) is 5.97 Å². The molecule has 0 fully saturated rings. The molecular weight excluding hydrogens is 260 g/mol. The van der Waals surface area contributed by atoms with Crippen molar-refractivity contribution in [2.75, 3.05) is 0 Å². The van der Waals surface area contributed by atoms with E-state index in [2.05, 4.69) is 42.5 Å². The summed E-state index contributed by atoms with van der Waals surface area (Å²) >= 11 is 0. The van der Waals surface area contributed by atoms with E-state index >= 15 is 0 Å². The number of hydrogen-bond donors (Lipinski definition) is 0. The van der Waals surface area contributed by atoms with Gasteiger partial charge in [-0.3, -0.25) is 4.79 Å². The highest BCUT2D eigenvalue weighted by atomic mass is 16.5. The van der Waals surface area contributed by atoms with Crippen molar-refractivity contribution in [3.05, 3.63) is 70.3 Å². The van der Waals surface area contributed by atoms with Crippen molar-refractivity contribution in [1.82, 2.24) is 0 Å². The number of esters is 1. The van der Waals surface area contributed by atoms with Crippen LogP contribution < -0.4 is 0 Å². The van der Waals surface area contributed by atoms with Crippen LogP contribution in [0.25, 0.3) is 0 Å². The Bertz CT molecular complexity index is 641.